The van der Waals surface area contributed by atoms with E-state index in [2.05, 4.69) is 21.2 Å². The van der Waals surface area contributed by atoms with Crippen LogP contribution in [-0.4, -0.2) is 5.91 Å². The van der Waals surface area contributed by atoms with Crippen molar-refractivity contribution in [3.63, 3.8) is 0 Å². The summed E-state index contributed by atoms with van der Waals surface area (Å²) in [5.74, 6) is -0.844. The third-order valence-electron chi connectivity index (χ3n) is 2.48. The summed E-state index contributed by atoms with van der Waals surface area (Å²) in [6.45, 7) is 2.05. The lowest BCUT2D eigenvalue weighted by Gasteiger charge is -2.06. The molecule has 0 spiro atoms. The van der Waals surface area contributed by atoms with Crippen LogP contribution in [-0.2, 0) is 6.54 Å². The third-order valence-corrected chi connectivity index (χ3v) is 4.18. The number of hydrogen-bond donors (Lipinski definition) is 1. The fraction of sp³-hybridized carbons (Fsp3) is 0.154. The Hall–Kier alpha value is -1.20. The van der Waals surface area contributed by atoms with Crippen LogP contribution in [0, 0.1) is 12.7 Å². The Morgan fingerprint density at radius 2 is 2.28 bits per heavy atom. The first-order valence-corrected chi connectivity index (χ1v) is 7.01. The van der Waals surface area contributed by atoms with Crippen LogP contribution in [0.5, 0.6) is 0 Å². The van der Waals surface area contributed by atoms with Gasteiger partial charge in [0.15, 0.2) is 0 Å². The molecule has 2 aromatic rings. The van der Waals surface area contributed by atoms with Gasteiger partial charge >= 0.3 is 0 Å². The lowest BCUT2D eigenvalue weighted by Crippen LogP contribution is -2.23. The molecule has 1 N–H and O–H groups in total. The minimum Gasteiger partial charge on any atom is -0.347 e. The number of hydrogen-bond acceptors (Lipinski definition) is 2. The lowest BCUT2D eigenvalue weighted by atomic mass is 10.1. The van der Waals surface area contributed by atoms with Crippen molar-refractivity contribution in [2.75, 3.05) is 0 Å². The third kappa shape index (κ3) is 2.97. The smallest absolute Gasteiger partial charge is 0.254 e. The van der Waals surface area contributed by atoms with Crippen molar-refractivity contribution in [1.82, 2.24) is 5.32 Å². The highest BCUT2D eigenvalue weighted by Crippen LogP contribution is 2.19. The van der Waals surface area contributed by atoms with Gasteiger partial charge in [-0.25, -0.2) is 4.39 Å². The maximum Gasteiger partial charge on any atom is 0.254 e. The Labute approximate surface area is 117 Å². The van der Waals surface area contributed by atoms with Gasteiger partial charge in [0.2, 0.25) is 0 Å². The van der Waals surface area contributed by atoms with Crippen molar-refractivity contribution in [3.8, 4) is 0 Å². The molecule has 2 rings (SSSR count). The van der Waals surface area contributed by atoms with E-state index in [0.717, 1.165) is 9.35 Å². The molecule has 0 aliphatic heterocycles. The van der Waals surface area contributed by atoms with Crippen molar-refractivity contribution in [2.45, 2.75) is 13.5 Å². The normalized spacial score (nSPS) is 10.4. The Bertz CT molecular complexity index is 582. The second kappa shape index (κ2) is 5.63. The maximum absolute atomic E-state index is 13.7. The van der Waals surface area contributed by atoms with Crippen LogP contribution in [0.15, 0.2) is 34.1 Å². The van der Waals surface area contributed by atoms with Crippen LogP contribution >= 0.6 is 27.3 Å². The number of carbonyl (C=O) groups is 1. The van der Waals surface area contributed by atoms with Crippen molar-refractivity contribution < 1.29 is 9.18 Å². The molecule has 1 heterocycles. The first-order valence-electron chi connectivity index (χ1n) is 5.34. The molecule has 2 nitrogen and oxygen atoms in total. The zero-order valence-electron chi connectivity index (χ0n) is 9.67. The molecule has 1 aromatic heterocycles. The summed E-state index contributed by atoms with van der Waals surface area (Å²) in [5.41, 5.74) is 0.562. The number of nitrogens with one attached hydrogen (secondary N) is 1. The number of halogens is 2. The Morgan fingerprint density at radius 1 is 1.50 bits per heavy atom. The van der Waals surface area contributed by atoms with E-state index in [0.29, 0.717) is 12.1 Å². The van der Waals surface area contributed by atoms with Gasteiger partial charge in [0, 0.05) is 14.7 Å². The van der Waals surface area contributed by atoms with Gasteiger partial charge in [-0.2, -0.15) is 0 Å². The number of carbonyl (C=O) groups excluding carboxylic acids is 1. The van der Waals surface area contributed by atoms with E-state index in [9.17, 15) is 9.18 Å². The van der Waals surface area contributed by atoms with E-state index in [1.807, 2.05) is 11.4 Å². The maximum atomic E-state index is 13.7. The number of amides is 1. The summed E-state index contributed by atoms with van der Waals surface area (Å²) in [7, 11) is 0. The Morgan fingerprint density at radius 3 is 2.94 bits per heavy atom. The quantitative estimate of drug-likeness (QED) is 0.910. The minimum atomic E-state index is -0.456. The fourth-order valence-corrected chi connectivity index (χ4v) is 2.92. The second-order valence-corrected chi connectivity index (χ2v) is 5.76. The van der Waals surface area contributed by atoms with Crippen LogP contribution in [0.25, 0.3) is 0 Å². The van der Waals surface area contributed by atoms with Crippen LogP contribution < -0.4 is 5.32 Å². The van der Waals surface area contributed by atoms with Gasteiger partial charge in [-0.1, -0.05) is 12.1 Å². The topological polar surface area (TPSA) is 29.1 Å². The number of rotatable bonds is 3. The molecular weight excluding hydrogens is 317 g/mol. The molecule has 0 radical (unpaired) electrons. The molecule has 0 fully saturated rings. The van der Waals surface area contributed by atoms with Crippen LogP contribution in [0.1, 0.15) is 20.8 Å². The fourth-order valence-electron chi connectivity index (χ4n) is 1.53. The monoisotopic (exact) mass is 327 g/mol. The van der Waals surface area contributed by atoms with Gasteiger partial charge in [-0.05, 0) is 40.5 Å². The van der Waals surface area contributed by atoms with Crippen molar-refractivity contribution in [1.29, 1.82) is 0 Å². The van der Waals surface area contributed by atoms with Gasteiger partial charge in [0.25, 0.3) is 5.91 Å². The van der Waals surface area contributed by atoms with E-state index >= 15 is 0 Å². The highest BCUT2D eigenvalue weighted by Gasteiger charge is 2.12. The zero-order chi connectivity index (χ0) is 13.1. The molecule has 94 valence electrons. The molecule has 1 amide bonds. The highest BCUT2D eigenvalue weighted by molar-refractivity contribution is 9.10. The predicted molar refractivity (Wildman–Crippen MR) is 74.3 cm³/mol. The van der Waals surface area contributed by atoms with Crippen molar-refractivity contribution in [3.05, 3.63) is 55.9 Å². The lowest BCUT2D eigenvalue weighted by molar-refractivity contribution is 0.0947. The van der Waals surface area contributed by atoms with Crippen molar-refractivity contribution in [2.24, 2.45) is 0 Å². The van der Waals surface area contributed by atoms with Crippen LogP contribution in [0.2, 0.25) is 0 Å². The van der Waals surface area contributed by atoms with Gasteiger partial charge in [0.1, 0.15) is 5.82 Å². The molecular formula is C13H11BrFNOS. The molecule has 0 unspecified atom stereocenters. The minimum absolute atomic E-state index is 0.0885. The van der Waals surface area contributed by atoms with Crippen LogP contribution in [0.4, 0.5) is 4.39 Å². The van der Waals surface area contributed by atoms with Gasteiger partial charge < -0.3 is 5.32 Å². The molecule has 18 heavy (non-hydrogen) atoms. The first-order chi connectivity index (χ1) is 8.58. The standard InChI is InChI=1S/C13H11BrFNOS/c1-8-3-2-4-11(12(8)15)13(17)16-6-10-5-9(14)7-18-10/h2-5,7H,6H2,1H3,(H,16,17). The van der Waals surface area contributed by atoms with E-state index in [1.165, 1.54) is 17.4 Å². The summed E-state index contributed by atoms with van der Waals surface area (Å²) >= 11 is 4.88. The molecule has 0 saturated heterocycles. The number of benzene rings is 1. The molecule has 0 saturated carbocycles. The van der Waals surface area contributed by atoms with E-state index in [-0.39, 0.29) is 11.5 Å². The molecule has 0 bridgehead atoms. The predicted octanol–water partition coefficient (Wildman–Crippen LogP) is 3.89. The highest BCUT2D eigenvalue weighted by atomic mass is 79.9. The summed E-state index contributed by atoms with van der Waals surface area (Å²) in [6.07, 6.45) is 0. The van der Waals surface area contributed by atoms with Gasteiger partial charge in [-0.3, -0.25) is 4.79 Å². The summed E-state index contributed by atoms with van der Waals surface area (Å²) in [5, 5.41) is 4.65. The van der Waals surface area contributed by atoms with E-state index in [1.54, 1.807) is 19.1 Å². The summed E-state index contributed by atoms with van der Waals surface area (Å²) in [4.78, 5) is 12.9. The van der Waals surface area contributed by atoms with Crippen LogP contribution in [0.3, 0.4) is 0 Å². The first kappa shape index (κ1) is 13.2. The van der Waals surface area contributed by atoms with E-state index < -0.39 is 5.82 Å². The largest absolute Gasteiger partial charge is 0.347 e. The second-order valence-electron chi connectivity index (χ2n) is 3.85. The average molecular weight is 328 g/mol. The number of thiophene rings is 1. The Kier molecular flexibility index (Phi) is 4.14. The molecule has 0 aliphatic rings. The molecule has 0 aliphatic carbocycles. The Balaban J connectivity index is 2.06. The van der Waals surface area contributed by atoms with Gasteiger partial charge in [0.05, 0.1) is 12.1 Å². The van der Waals surface area contributed by atoms with Crippen molar-refractivity contribution >= 4 is 33.2 Å². The zero-order valence-corrected chi connectivity index (χ0v) is 12.1. The average Bonchev–Trinajstić information content (AvgIpc) is 2.76. The molecule has 0 atom stereocenters. The molecule has 5 heteroatoms. The molecule has 1 aromatic carbocycles. The number of aryl methyl sites for hydroxylation is 1. The SMILES string of the molecule is Cc1cccc(C(=O)NCc2cc(Br)cs2)c1F. The van der Waals surface area contributed by atoms with Gasteiger partial charge in [-0.15, -0.1) is 11.3 Å². The summed E-state index contributed by atoms with van der Waals surface area (Å²) in [6, 6.07) is 6.73. The van der Waals surface area contributed by atoms with E-state index in [4.69, 9.17) is 0 Å². The summed E-state index contributed by atoms with van der Waals surface area (Å²) < 4.78 is 14.7.